The van der Waals surface area contributed by atoms with Gasteiger partial charge in [-0.3, -0.25) is 19.6 Å². The molecule has 0 N–H and O–H groups in total. The van der Waals surface area contributed by atoms with Crippen LogP contribution >= 0.6 is 0 Å². The van der Waals surface area contributed by atoms with E-state index in [0.717, 1.165) is 51.1 Å². The van der Waals surface area contributed by atoms with Crippen molar-refractivity contribution < 1.29 is 4.79 Å². The summed E-state index contributed by atoms with van der Waals surface area (Å²) >= 11 is 0. The standard InChI is InChI=1S/C39H48N4O/c1-5-31-15-17-32(18-16-31)23-27-43-37(44)30-42(38(43)34-19-21-35(22-20-34)39(2,3)4)26-11-25-41(28-33-12-7-6-8-13-33)29-36-14-9-10-24-40-36/h6-10,12-22,24,38H,5,11,23,25-30H2,1-4H3. The summed E-state index contributed by atoms with van der Waals surface area (Å²) in [4.78, 5) is 25.1. The number of hydrogen-bond donors (Lipinski definition) is 0. The highest BCUT2D eigenvalue weighted by atomic mass is 16.2. The largest absolute Gasteiger partial charge is 0.321 e. The first-order valence-corrected chi connectivity index (χ1v) is 16.2. The summed E-state index contributed by atoms with van der Waals surface area (Å²) in [6, 6.07) is 34.6. The summed E-state index contributed by atoms with van der Waals surface area (Å²) in [7, 11) is 0. The zero-order valence-electron chi connectivity index (χ0n) is 27.0. The molecule has 4 aromatic rings. The van der Waals surface area contributed by atoms with E-state index in [1.807, 2.05) is 12.3 Å². The van der Waals surface area contributed by atoms with Gasteiger partial charge in [-0.25, -0.2) is 0 Å². The van der Waals surface area contributed by atoms with Gasteiger partial charge in [-0.15, -0.1) is 0 Å². The van der Waals surface area contributed by atoms with Crippen LogP contribution in [0.4, 0.5) is 0 Å². The summed E-state index contributed by atoms with van der Waals surface area (Å²) in [5.74, 6) is 0.217. The quantitative estimate of drug-likeness (QED) is 0.163. The van der Waals surface area contributed by atoms with Gasteiger partial charge in [0, 0.05) is 38.9 Å². The smallest absolute Gasteiger partial charge is 0.238 e. The van der Waals surface area contributed by atoms with Gasteiger partial charge in [0.25, 0.3) is 0 Å². The minimum atomic E-state index is -0.0511. The van der Waals surface area contributed by atoms with Crippen molar-refractivity contribution in [3.05, 3.63) is 137 Å². The van der Waals surface area contributed by atoms with Crippen molar-refractivity contribution in [2.45, 2.75) is 71.6 Å². The van der Waals surface area contributed by atoms with E-state index in [9.17, 15) is 4.79 Å². The number of nitrogens with zero attached hydrogens (tertiary/aromatic N) is 4. The first kappa shape index (κ1) is 31.6. The number of amides is 1. The summed E-state index contributed by atoms with van der Waals surface area (Å²) in [6.07, 6.45) is 4.68. The fourth-order valence-electron chi connectivity index (χ4n) is 6.14. The Balaban J connectivity index is 1.31. The minimum Gasteiger partial charge on any atom is -0.321 e. The van der Waals surface area contributed by atoms with Gasteiger partial charge in [-0.2, -0.15) is 0 Å². The Hall–Kier alpha value is -3.80. The zero-order chi connectivity index (χ0) is 30.9. The van der Waals surface area contributed by atoms with Crippen LogP contribution < -0.4 is 0 Å². The number of carbonyl (C=O) groups excluding carboxylic acids is 1. The van der Waals surface area contributed by atoms with Crippen LogP contribution in [0.3, 0.4) is 0 Å². The highest BCUT2D eigenvalue weighted by Crippen LogP contribution is 2.33. The molecule has 44 heavy (non-hydrogen) atoms. The molecule has 5 rings (SSSR count). The van der Waals surface area contributed by atoms with Crippen LogP contribution in [0.2, 0.25) is 0 Å². The lowest BCUT2D eigenvalue weighted by Crippen LogP contribution is -2.35. The van der Waals surface area contributed by atoms with Crippen molar-refractivity contribution in [2.75, 3.05) is 26.2 Å². The van der Waals surface area contributed by atoms with Crippen molar-refractivity contribution >= 4 is 5.91 Å². The topological polar surface area (TPSA) is 39.7 Å². The molecule has 1 fully saturated rings. The van der Waals surface area contributed by atoms with Gasteiger partial charge in [-0.05, 0) is 64.6 Å². The highest BCUT2D eigenvalue weighted by molar-refractivity contribution is 5.81. The highest BCUT2D eigenvalue weighted by Gasteiger charge is 2.38. The Morgan fingerprint density at radius 3 is 2.16 bits per heavy atom. The Labute approximate surface area is 264 Å². The molecule has 0 aliphatic carbocycles. The van der Waals surface area contributed by atoms with Gasteiger partial charge in [0.1, 0.15) is 6.17 Å². The molecule has 3 aromatic carbocycles. The first-order valence-electron chi connectivity index (χ1n) is 16.2. The van der Waals surface area contributed by atoms with Crippen LogP contribution in [0.1, 0.15) is 73.8 Å². The van der Waals surface area contributed by atoms with Crippen molar-refractivity contribution in [3.63, 3.8) is 0 Å². The van der Waals surface area contributed by atoms with E-state index in [1.165, 1.54) is 27.8 Å². The van der Waals surface area contributed by atoms with Crippen molar-refractivity contribution in [3.8, 4) is 0 Å². The maximum absolute atomic E-state index is 13.6. The van der Waals surface area contributed by atoms with Gasteiger partial charge in [0.05, 0.1) is 12.2 Å². The van der Waals surface area contributed by atoms with Gasteiger partial charge in [0.2, 0.25) is 5.91 Å². The number of pyridine rings is 1. The van der Waals surface area contributed by atoms with E-state index < -0.39 is 0 Å². The van der Waals surface area contributed by atoms with Gasteiger partial charge >= 0.3 is 0 Å². The first-order chi connectivity index (χ1) is 21.3. The molecule has 1 aliphatic heterocycles. The molecule has 2 heterocycles. The molecule has 5 heteroatoms. The summed E-state index contributed by atoms with van der Waals surface area (Å²) in [5, 5.41) is 0. The minimum absolute atomic E-state index is 0.0511. The number of hydrogen-bond acceptors (Lipinski definition) is 4. The molecule has 1 saturated heterocycles. The molecule has 230 valence electrons. The molecule has 0 radical (unpaired) electrons. The lowest BCUT2D eigenvalue weighted by Gasteiger charge is -2.32. The van der Waals surface area contributed by atoms with Gasteiger partial charge in [-0.1, -0.05) is 113 Å². The SMILES string of the molecule is CCc1ccc(CCN2C(=O)CN(CCCN(Cc3ccccc3)Cc3ccccn3)C2c2ccc(C(C)(C)C)cc2)cc1. The average Bonchev–Trinajstić information content (AvgIpc) is 3.35. The van der Waals surface area contributed by atoms with Crippen LogP contribution in [0.15, 0.2) is 103 Å². The zero-order valence-corrected chi connectivity index (χ0v) is 27.0. The predicted molar refractivity (Wildman–Crippen MR) is 180 cm³/mol. The maximum Gasteiger partial charge on any atom is 0.238 e. The van der Waals surface area contributed by atoms with Crippen LogP contribution in [0.5, 0.6) is 0 Å². The molecule has 0 saturated carbocycles. The van der Waals surface area contributed by atoms with E-state index >= 15 is 0 Å². The van der Waals surface area contributed by atoms with Gasteiger partial charge in [0.15, 0.2) is 0 Å². The Morgan fingerprint density at radius 2 is 1.50 bits per heavy atom. The predicted octanol–water partition coefficient (Wildman–Crippen LogP) is 7.42. The third-order valence-electron chi connectivity index (χ3n) is 8.73. The average molecular weight is 589 g/mol. The maximum atomic E-state index is 13.6. The Morgan fingerprint density at radius 1 is 0.795 bits per heavy atom. The lowest BCUT2D eigenvalue weighted by molar-refractivity contribution is -0.128. The fraction of sp³-hybridized carbons (Fsp3) is 0.385. The molecule has 1 aliphatic rings. The molecule has 1 aromatic heterocycles. The molecule has 5 nitrogen and oxygen atoms in total. The number of aryl methyl sites for hydroxylation is 1. The lowest BCUT2D eigenvalue weighted by atomic mass is 9.86. The Bertz CT molecular complexity index is 1410. The molecule has 1 atom stereocenters. The van der Waals surface area contributed by atoms with Crippen LogP contribution in [0, 0.1) is 0 Å². The van der Waals surface area contributed by atoms with Crippen LogP contribution in [-0.4, -0.2) is 51.8 Å². The number of rotatable bonds is 13. The van der Waals surface area contributed by atoms with Crippen LogP contribution in [-0.2, 0) is 36.1 Å². The molecule has 0 spiro atoms. The number of benzene rings is 3. The fourth-order valence-corrected chi connectivity index (χ4v) is 6.14. The van der Waals surface area contributed by atoms with E-state index in [1.54, 1.807) is 0 Å². The van der Waals surface area contributed by atoms with Crippen molar-refractivity contribution in [1.82, 2.24) is 19.7 Å². The second kappa shape index (κ2) is 14.8. The molecular weight excluding hydrogens is 540 g/mol. The second-order valence-corrected chi connectivity index (χ2v) is 13.1. The number of aromatic nitrogens is 1. The second-order valence-electron chi connectivity index (χ2n) is 13.1. The monoisotopic (exact) mass is 588 g/mol. The van der Waals surface area contributed by atoms with Gasteiger partial charge < -0.3 is 4.90 Å². The summed E-state index contributed by atoms with van der Waals surface area (Å²) in [5.41, 5.74) is 7.60. The van der Waals surface area contributed by atoms with E-state index in [2.05, 4.69) is 138 Å². The third kappa shape index (κ3) is 8.43. The normalized spacial score (nSPS) is 15.8. The van der Waals surface area contributed by atoms with E-state index in [4.69, 9.17) is 0 Å². The molecule has 0 bridgehead atoms. The molecule has 1 amide bonds. The Kier molecular flexibility index (Phi) is 10.6. The summed E-state index contributed by atoms with van der Waals surface area (Å²) in [6.45, 7) is 13.5. The van der Waals surface area contributed by atoms with Crippen molar-refractivity contribution in [2.24, 2.45) is 0 Å². The molecule has 1 unspecified atom stereocenters. The van der Waals surface area contributed by atoms with E-state index in [0.29, 0.717) is 13.1 Å². The van der Waals surface area contributed by atoms with E-state index in [-0.39, 0.29) is 17.5 Å². The van der Waals surface area contributed by atoms with Crippen LogP contribution in [0.25, 0.3) is 0 Å². The summed E-state index contributed by atoms with van der Waals surface area (Å²) < 4.78 is 0. The van der Waals surface area contributed by atoms with Crippen molar-refractivity contribution in [1.29, 1.82) is 0 Å². The molecular formula is C39H48N4O. The number of carbonyl (C=O) groups is 1. The third-order valence-corrected chi connectivity index (χ3v) is 8.73.